The van der Waals surface area contributed by atoms with Gasteiger partial charge in [-0.2, -0.15) is 0 Å². The van der Waals surface area contributed by atoms with Gasteiger partial charge in [-0.25, -0.2) is 4.79 Å². The topological polar surface area (TPSA) is 139 Å². The lowest BCUT2D eigenvalue weighted by Gasteiger charge is -2.34. The van der Waals surface area contributed by atoms with Gasteiger partial charge in [0.05, 0.1) is 25.7 Å². The van der Waals surface area contributed by atoms with Crippen molar-refractivity contribution in [2.75, 3.05) is 39.4 Å². The van der Waals surface area contributed by atoms with Crippen LogP contribution in [-0.2, 0) is 30.4 Å². The summed E-state index contributed by atoms with van der Waals surface area (Å²) >= 11 is 0. The normalized spacial score (nSPS) is 28.4. The van der Waals surface area contributed by atoms with E-state index in [1.54, 1.807) is 25.7 Å². The van der Waals surface area contributed by atoms with E-state index in [4.69, 9.17) is 14.2 Å². The second kappa shape index (κ2) is 14.4. The van der Waals surface area contributed by atoms with Crippen LogP contribution in [0, 0.1) is 12.8 Å². The van der Waals surface area contributed by atoms with Gasteiger partial charge >= 0.3 is 6.09 Å². The summed E-state index contributed by atoms with van der Waals surface area (Å²) in [6.45, 7) is 11.2. The minimum atomic E-state index is -1.21. The molecule has 12 heteroatoms. The highest BCUT2D eigenvalue weighted by Crippen LogP contribution is 2.28. The fraction of sp³-hybridized carbons (Fsp3) is 0.697. The van der Waals surface area contributed by atoms with Gasteiger partial charge in [0.1, 0.15) is 23.4 Å². The smallest absolute Gasteiger partial charge is 0.408 e. The van der Waals surface area contributed by atoms with E-state index in [0.29, 0.717) is 45.3 Å². The van der Waals surface area contributed by atoms with Crippen molar-refractivity contribution in [3.63, 3.8) is 0 Å². The average Bonchev–Trinajstić information content (AvgIpc) is 3.61. The molecule has 0 aliphatic carbocycles. The fourth-order valence-corrected chi connectivity index (χ4v) is 6.66. The van der Waals surface area contributed by atoms with E-state index in [2.05, 4.69) is 20.9 Å². The van der Waals surface area contributed by atoms with E-state index in [1.807, 2.05) is 25.1 Å². The summed E-state index contributed by atoms with van der Waals surface area (Å²) in [6, 6.07) is 4.08. The Bertz CT molecular complexity index is 1250. The summed E-state index contributed by atoms with van der Waals surface area (Å²) in [5.74, 6) is -0.149. The highest BCUT2D eigenvalue weighted by Gasteiger charge is 2.39. The molecular formula is C33H49N5O7. The maximum absolute atomic E-state index is 13.8. The number of amides is 4. The van der Waals surface area contributed by atoms with Crippen molar-refractivity contribution in [1.29, 1.82) is 0 Å². The molecule has 4 aliphatic heterocycles. The number of likely N-dealkylation sites (tertiary alicyclic amines) is 1. The number of ether oxygens (including phenoxy) is 3. The first-order valence-electron chi connectivity index (χ1n) is 16.4. The molecule has 0 aromatic heterocycles. The van der Waals surface area contributed by atoms with Gasteiger partial charge in [-0.15, -0.1) is 0 Å². The maximum atomic E-state index is 13.8. The number of alkyl carbamates (subject to hydrolysis) is 1. The molecule has 6 bridgehead atoms. The van der Waals surface area contributed by atoms with Gasteiger partial charge in [-0.3, -0.25) is 19.3 Å². The molecule has 5 atom stereocenters. The molecule has 3 saturated heterocycles. The molecule has 45 heavy (non-hydrogen) atoms. The number of hydrogen-bond acceptors (Lipinski definition) is 8. The van der Waals surface area contributed by atoms with Crippen LogP contribution in [0.3, 0.4) is 0 Å². The third kappa shape index (κ3) is 9.09. The Morgan fingerprint density at radius 1 is 1.13 bits per heavy atom. The van der Waals surface area contributed by atoms with E-state index in [9.17, 15) is 19.2 Å². The lowest BCUT2D eigenvalue weighted by molar-refractivity contribution is -0.137. The van der Waals surface area contributed by atoms with Crippen molar-refractivity contribution in [1.82, 2.24) is 25.8 Å². The van der Waals surface area contributed by atoms with Crippen molar-refractivity contribution < 1.29 is 33.4 Å². The van der Waals surface area contributed by atoms with Gasteiger partial charge in [-0.05, 0) is 89.0 Å². The predicted molar refractivity (Wildman–Crippen MR) is 166 cm³/mol. The van der Waals surface area contributed by atoms with Gasteiger partial charge in [0, 0.05) is 38.8 Å². The number of carbonyl (C=O) groups excluding carboxylic acids is 4. The van der Waals surface area contributed by atoms with Gasteiger partial charge < -0.3 is 35.1 Å². The van der Waals surface area contributed by atoms with Crippen LogP contribution < -0.4 is 20.7 Å². The molecule has 5 rings (SSSR count). The Morgan fingerprint density at radius 3 is 2.69 bits per heavy atom. The molecule has 0 saturated carbocycles. The second-order valence-electron chi connectivity index (χ2n) is 13.9. The molecule has 1 unspecified atom stereocenters. The summed E-state index contributed by atoms with van der Waals surface area (Å²) in [5, 5.41) is 8.50. The van der Waals surface area contributed by atoms with Crippen LogP contribution in [0.15, 0.2) is 18.2 Å². The zero-order valence-corrected chi connectivity index (χ0v) is 27.1. The molecule has 4 heterocycles. The number of hydrogen-bond donors (Lipinski definition) is 3. The van der Waals surface area contributed by atoms with Crippen LogP contribution in [0.5, 0.6) is 5.75 Å². The summed E-state index contributed by atoms with van der Waals surface area (Å²) in [4.78, 5) is 57.9. The first-order valence-corrected chi connectivity index (χ1v) is 16.4. The van der Waals surface area contributed by atoms with Crippen molar-refractivity contribution in [2.24, 2.45) is 5.92 Å². The summed E-state index contributed by atoms with van der Waals surface area (Å²) in [5.41, 5.74) is 1.16. The number of rotatable bonds is 4. The predicted octanol–water partition coefficient (Wildman–Crippen LogP) is 2.26. The zero-order valence-electron chi connectivity index (χ0n) is 27.1. The third-order valence-electron chi connectivity index (χ3n) is 9.18. The number of benzene rings is 1. The standard InChI is InChI=1S/C33H49N5O7/c1-21-7-8-25-14-23(21)17-34-30(40)27(9-12-37-19-26-15-24(37)20-44-26)35-31(41)28(36-32(42)45-33(2,3)4)16-29(39)38-11-5-6-22(18-38)10-13-43-25/h7-8,14,22,24,26-28H,5-6,9-13,15-20H2,1-4H3,(H,34,40)(H,35,41)(H,36,42)/t22?,24-,26-,27-,28-/m0/s1. The first kappa shape index (κ1) is 33.0. The molecule has 0 radical (unpaired) electrons. The number of nitrogens with zero attached hydrogens (tertiary/aromatic N) is 2. The van der Waals surface area contributed by atoms with Crippen LogP contribution in [0.25, 0.3) is 0 Å². The lowest BCUT2D eigenvalue weighted by atomic mass is 9.94. The van der Waals surface area contributed by atoms with Crippen molar-refractivity contribution >= 4 is 23.8 Å². The largest absolute Gasteiger partial charge is 0.494 e. The Balaban J connectivity index is 1.38. The Labute approximate surface area is 265 Å². The fourth-order valence-electron chi connectivity index (χ4n) is 6.66. The van der Waals surface area contributed by atoms with Crippen molar-refractivity contribution in [2.45, 2.75) is 103 Å². The Kier molecular flexibility index (Phi) is 10.5. The first-order chi connectivity index (χ1) is 21.4. The average molecular weight is 628 g/mol. The van der Waals surface area contributed by atoms with Gasteiger partial charge in [-0.1, -0.05) is 6.07 Å². The minimum absolute atomic E-state index is 0.212. The van der Waals surface area contributed by atoms with Crippen molar-refractivity contribution in [3.8, 4) is 5.75 Å². The SMILES string of the molecule is Cc1ccc2cc1CNC(=O)[C@H](CCN1C[C@@H]3C[C@H]1CO3)NC(=O)[C@@H](NC(=O)OC(C)(C)C)CC(=O)N1CCCC(CCO2)C1. The molecule has 3 fully saturated rings. The molecule has 4 aliphatic rings. The van der Waals surface area contributed by atoms with E-state index in [0.717, 1.165) is 49.1 Å². The quantitative estimate of drug-likeness (QED) is 0.462. The highest BCUT2D eigenvalue weighted by atomic mass is 16.6. The molecule has 248 valence electrons. The van der Waals surface area contributed by atoms with E-state index in [-0.39, 0.29) is 36.8 Å². The molecule has 4 amide bonds. The molecular weight excluding hydrogens is 578 g/mol. The zero-order chi connectivity index (χ0) is 32.1. The Hall–Kier alpha value is -3.38. The van der Waals surface area contributed by atoms with Crippen molar-refractivity contribution in [3.05, 3.63) is 29.3 Å². The number of nitrogens with one attached hydrogen (secondary N) is 3. The number of piperidine rings is 1. The van der Waals surface area contributed by atoms with Crippen LogP contribution in [-0.4, -0.2) is 103 Å². The van der Waals surface area contributed by atoms with E-state index >= 15 is 0 Å². The lowest BCUT2D eigenvalue weighted by Crippen LogP contribution is -2.56. The number of morpholine rings is 1. The van der Waals surface area contributed by atoms with Gasteiger partial charge in [0.15, 0.2) is 0 Å². The molecule has 12 nitrogen and oxygen atoms in total. The summed E-state index contributed by atoms with van der Waals surface area (Å²) in [7, 11) is 0. The number of fused-ring (bicyclic) bond motifs is 6. The minimum Gasteiger partial charge on any atom is -0.494 e. The number of carbonyl (C=O) groups is 4. The van der Waals surface area contributed by atoms with E-state index in [1.165, 1.54) is 0 Å². The maximum Gasteiger partial charge on any atom is 0.408 e. The summed E-state index contributed by atoms with van der Waals surface area (Å²) < 4.78 is 17.3. The third-order valence-corrected chi connectivity index (χ3v) is 9.18. The van der Waals surface area contributed by atoms with Gasteiger partial charge in [0.2, 0.25) is 17.7 Å². The van der Waals surface area contributed by atoms with Crippen LogP contribution >= 0.6 is 0 Å². The van der Waals surface area contributed by atoms with Crippen LogP contribution in [0.4, 0.5) is 4.79 Å². The molecule has 1 aromatic carbocycles. The second-order valence-corrected chi connectivity index (χ2v) is 13.9. The van der Waals surface area contributed by atoms with E-state index < -0.39 is 29.7 Å². The van der Waals surface area contributed by atoms with Crippen LogP contribution in [0.2, 0.25) is 0 Å². The van der Waals surface area contributed by atoms with Crippen LogP contribution in [0.1, 0.15) is 70.4 Å². The molecule has 0 spiro atoms. The monoisotopic (exact) mass is 627 g/mol. The molecule has 3 N–H and O–H groups in total. The number of aryl methyl sites for hydroxylation is 1. The highest BCUT2D eigenvalue weighted by molar-refractivity contribution is 5.94. The van der Waals surface area contributed by atoms with Gasteiger partial charge in [0.25, 0.3) is 0 Å². The Morgan fingerprint density at radius 2 is 1.96 bits per heavy atom. The summed E-state index contributed by atoms with van der Waals surface area (Å²) in [6.07, 6.45) is 3.15. The molecule has 1 aromatic rings.